The number of urea groups is 1. The molecule has 6 heteroatoms. The van der Waals surface area contributed by atoms with Gasteiger partial charge in [-0.15, -0.1) is 0 Å². The van der Waals surface area contributed by atoms with Crippen molar-refractivity contribution in [2.45, 2.75) is 12.8 Å². The number of hydrogen-bond donors (Lipinski definition) is 1. The highest BCUT2D eigenvalue weighted by molar-refractivity contribution is 5.91. The Labute approximate surface area is 116 Å². The van der Waals surface area contributed by atoms with Crippen LogP contribution in [0, 0.1) is 11.7 Å². The molecule has 0 atom stereocenters. The number of rotatable bonds is 2. The van der Waals surface area contributed by atoms with Gasteiger partial charge in [0.25, 0.3) is 0 Å². The van der Waals surface area contributed by atoms with Crippen LogP contribution in [0.15, 0.2) is 24.3 Å². The molecule has 0 aromatic heterocycles. The molecule has 1 aliphatic heterocycles. The number of likely N-dealkylation sites (tertiary alicyclic amines) is 1. The Morgan fingerprint density at radius 3 is 2.55 bits per heavy atom. The van der Waals surface area contributed by atoms with E-state index in [0.717, 1.165) is 0 Å². The largest absolute Gasteiger partial charge is 0.481 e. The summed E-state index contributed by atoms with van der Waals surface area (Å²) in [6.07, 6.45) is 0.913. The molecule has 0 unspecified atom stereocenters. The van der Waals surface area contributed by atoms with E-state index in [9.17, 15) is 14.0 Å². The number of hydrogen-bond acceptors (Lipinski definition) is 2. The number of halogens is 1. The Kier molecular flexibility index (Phi) is 4.22. The predicted octanol–water partition coefficient (Wildman–Crippen LogP) is 2.18. The van der Waals surface area contributed by atoms with Crippen LogP contribution in [0.5, 0.6) is 0 Å². The van der Waals surface area contributed by atoms with Crippen LogP contribution in [0.3, 0.4) is 0 Å². The van der Waals surface area contributed by atoms with Crippen LogP contribution in [-0.2, 0) is 4.79 Å². The average Bonchev–Trinajstić information content (AvgIpc) is 2.46. The highest BCUT2D eigenvalue weighted by Gasteiger charge is 2.28. The third kappa shape index (κ3) is 3.07. The van der Waals surface area contributed by atoms with E-state index < -0.39 is 11.8 Å². The summed E-state index contributed by atoms with van der Waals surface area (Å²) in [5, 5.41) is 8.93. The number of aliphatic carboxylic acids is 1. The highest BCUT2D eigenvalue weighted by Crippen LogP contribution is 2.21. The average molecular weight is 280 g/mol. The van der Waals surface area contributed by atoms with Gasteiger partial charge in [0.15, 0.2) is 0 Å². The first kappa shape index (κ1) is 14.3. The van der Waals surface area contributed by atoms with Gasteiger partial charge in [-0.05, 0) is 31.0 Å². The minimum atomic E-state index is -0.810. The molecule has 5 nitrogen and oxygen atoms in total. The topological polar surface area (TPSA) is 60.9 Å². The lowest BCUT2D eigenvalue weighted by molar-refractivity contribution is -0.143. The molecule has 0 bridgehead atoms. The molecule has 1 aromatic rings. The number of carbonyl (C=O) groups excluding carboxylic acids is 1. The number of anilines is 1. The number of nitrogens with zero attached hydrogens (tertiary/aromatic N) is 2. The first-order chi connectivity index (χ1) is 9.49. The maximum atomic E-state index is 13.2. The van der Waals surface area contributed by atoms with E-state index in [0.29, 0.717) is 31.6 Å². The minimum Gasteiger partial charge on any atom is -0.481 e. The summed E-state index contributed by atoms with van der Waals surface area (Å²) in [5.41, 5.74) is 0.482. The van der Waals surface area contributed by atoms with Crippen LogP contribution >= 0.6 is 0 Å². The number of amides is 2. The molecule has 20 heavy (non-hydrogen) atoms. The van der Waals surface area contributed by atoms with Gasteiger partial charge >= 0.3 is 12.0 Å². The van der Waals surface area contributed by atoms with Gasteiger partial charge in [0.05, 0.1) is 5.92 Å². The molecular weight excluding hydrogens is 263 g/mol. The van der Waals surface area contributed by atoms with E-state index in [4.69, 9.17) is 5.11 Å². The van der Waals surface area contributed by atoms with Gasteiger partial charge in [0.1, 0.15) is 5.82 Å². The second-order valence-electron chi connectivity index (χ2n) is 4.92. The first-order valence-corrected chi connectivity index (χ1v) is 6.50. The van der Waals surface area contributed by atoms with Gasteiger partial charge in [-0.1, -0.05) is 6.07 Å². The fourth-order valence-electron chi connectivity index (χ4n) is 2.33. The normalized spacial score (nSPS) is 16.0. The Balaban J connectivity index is 2.00. The summed E-state index contributed by atoms with van der Waals surface area (Å²) < 4.78 is 13.2. The molecule has 1 saturated heterocycles. The van der Waals surface area contributed by atoms with Crippen LogP contribution < -0.4 is 4.90 Å². The van der Waals surface area contributed by atoms with Crippen molar-refractivity contribution in [1.82, 2.24) is 4.90 Å². The highest BCUT2D eigenvalue weighted by atomic mass is 19.1. The Hall–Kier alpha value is -2.11. The van der Waals surface area contributed by atoms with Crippen LogP contribution in [-0.4, -0.2) is 42.1 Å². The van der Waals surface area contributed by atoms with E-state index in [2.05, 4.69) is 0 Å². The first-order valence-electron chi connectivity index (χ1n) is 6.50. The Morgan fingerprint density at radius 1 is 1.35 bits per heavy atom. The quantitative estimate of drug-likeness (QED) is 0.903. The van der Waals surface area contributed by atoms with Crippen LogP contribution in [0.4, 0.5) is 14.9 Å². The predicted molar refractivity (Wildman–Crippen MR) is 72.1 cm³/mol. The van der Waals surface area contributed by atoms with E-state index in [-0.39, 0.29) is 11.9 Å². The number of carboxylic acids is 1. The van der Waals surface area contributed by atoms with Crippen LogP contribution in [0.25, 0.3) is 0 Å². The summed E-state index contributed by atoms with van der Waals surface area (Å²) in [6, 6.07) is 5.58. The zero-order valence-electron chi connectivity index (χ0n) is 11.3. The lowest BCUT2D eigenvalue weighted by atomic mass is 9.97. The number of piperidine rings is 1. The molecule has 1 aliphatic rings. The molecule has 2 rings (SSSR count). The van der Waals surface area contributed by atoms with Gasteiger partial charge in [-0.2, -0.15) is 0 Å². The molecule has 1 heterocycles. The molecule has 0 aliphatic carbocycles. The Bertz CT molecular complexity index is 513. The molecule has 0 spiro atoms. The van der Waals surface area contributed by atoms with Crippen molar-refractivity contribution in [2.75, 3.05) is 25.0 Å². The molecular formula is C14H17FN2O3. The fourth-order valence-corrected chi connectivity index (χ4v) is 2.33. The van der Waals surface area contributed by atoms with Crippen molar-refractivity contribution in [3.8, 4) is 0 Å². The van der Waals surface area contributed by atoms with Gasteiger partial charge in [0.2, 0.25) is 0 Å². The summed E-state index contributed by atoms with van der Waals surface area (Å²) in [5.74, 6) is -1.58. The molecule has 2 amide bonds. The summed E-state index contributed by atoms with van der Waals surface area (Å²) in [6.45, 7) is 0.824. The van der Waals surface area contributed by atoms with Crippen molar-refractivity contribution in [3.63, 3.8) is 0 Å². The molecule has 108 valence electrons. The molecule has 1 aromatic carbocycles. The Morgan fingerprint density at radius 2 is 2.00 bits per heavy atom. The van der Waals surface area contributed by atoms with Gasteiger partial charge in [0, 0.05) is 25.8 Å². The molecule has 0 saturated carbocycles. The maximum absolute atomic E-state index is 13.2. The van der Waals surface area contributed by atoms with Gasteiger partial charge < -0.3 is 10.0 Å². The lowest BCUT2D eigenvalue weighted by Crippen LogP contribution is -2.46. The molecule has 0 radical (unpaired) electrons. The standard InChI is InChI=1S/C14H17FN2O3/c1-16(12-4-2-3-11(15)9-12)14(20)17-7-5-10(6-8-17)13(18)19/h2-4,9-10H,5-8H2,1H3,(H,18,19). The monoisotopic (exact) mass is 280 g/mol. The lowest BCUT2D eigenvalue weighted by Gasteiger charge is -2.33. The summed E-state index contributed by atoms with van der Waals surface area (Å²) >= 11 is 0. The zero-order chi connectivity index (χ0) is 14.7. The molecule has 1 fully saturated rings. The van der Waals surface area contributed by atoms with Crippen molar-refractivity contribution in [2.24, 2.45) is 5.92 Å². The third-order valence-corrected chi connectivity index (χ3v) is 3.60. The third-order valence-electron chi connectivity index (χ3n) is 3.60. The van der Waals surface area contributed by atoms with E-state index in [1.54, 1.807) is 24.1 Å². The van der Waals surface area contributed by atoms with Gasteiger partial charge in [-0.3, -0.25) is 9.69 Å². The van der Waals surface area contributed by atoms with Crippen molar-refractivity contribution >= 4 is 17.7 Å². The summed E-state index contributed by atoms with van der Waals surface area (Å²) in [4.78, 5) is 26.1. The smallest absolute Gasteiger partial charge is 0.324 e. The summed E-state index contributed by atoms with van der Waals surface area (Å²) in [7, 11) is 1.58. The zero-order valence-corrected chi connectivity index (χ0v) is 11.3. The fraction of sp³-hybridized carbons (Fsp3) is 0.429. The van der Waals surface area contributed by atoms with Crippen molar-refractivity contribution in [1.29, 1.82) is 0 Å². The number of benzene rings is 1. The van der Waals surface area contributed by atoms with E-state index in [1.807, 2.05) is 0 Å². The second kappa shape index (κ2) is 5.90. The number of carbonyl (C=O) groups is 2. The van der Waals surface area contributed by atoms with Gasteiger partial charge in [-0.25, -0.2) is 9.18 Å². The SMILES string of the molecule is CN(C(=O)N1CCC(C(=O)O)CC1)c1cccc(F)c1. The van der Waals surface area contributed by atoms with Crippen molar-refractivity contribution in [3.05, 3.63) is 30.1 Å². The van der Waals surface area contributed by atoms with E-state index in [1.165, 1.54) is 17.0 Å². The van der Waals surface area contributed by atoms with Crippen molar-refractivity contribution < 1.29 is 19.1 Å². The minimum absolute atomic E-state index is 0.237. The van der Waals surface area contributed by atoms with E-state index >= 15 is 0 Å². The maximum Gasteiger partial charge on any atom is 0.324 e. The van der Waals surface area contributed by atoms with Crippen LogP contribution in [0.2, 0.25) is 0 Å². The number of carboxylic acid groups (broad SMARTS) is 1. The molecule has 1 N–H and O–H groups in total. The second-order valence-corrected chi connectivity index (χ2v) is 4.92. The van der Waals surface area contributed by atoms with Crippen LogP contribution in [0.1, 0.15) is 12.8 Å².